The monoisotopic (exact) mass is 431 g/mol. The molecule has 158 valence electrons. The molecule has 1 fully saturated rings. The van der Waals surface area contributed by atoms with Crippen LogP contribution in [0.3, 0.4) is 0 Å². The summed E-state index contributed by atoms with van der Waals surface area (Å²) in [6.45, 7) is 3.62. The minimum atomic E-state index is -2.50. The molecule has 2 aromatic rings. The maximum atomic E-state index is 12.2. The number of hydrogen-bond donors (Lipinski definition) is 1. The number of ether oxygens (including phenoxy) is 1. The molecule has 30 heavy (non-hydrogen) atoms. The van der Waals surface area contributed by atoms with E-state index in [2.05, 4.69) is 19.6 Å². The minimum Gasteiger partial charge on any atom is -0.377 e. The van der Waals surface area contributed by atoms with Gasteiger partial charge >= 0.3 is 0 Å². The second kappa shape index (κ2) is 8.60. The van der Waals surface area contributed by atoms with Gasteiger partial charge in [0.15, 0.2) is 5.82 Å². The van der Waals surface area contributed by atoms with Gasteiger partial charge in [0.05, 0.1) is 35.8 Å². The molecule has 11 nitrogen and oxygen atoms in total. The predicted octanol–water partition coefficient (Wildman–Crippen LogP) is 2.58. The van der Waals surface area contributed by atoms with Crippen molar-refractivity contribution >= 4 is 38.7 Å². The third-order valence-electron chi connectivity index (χ3n) is 4.24. The topological polar surface area (TPSA) is 147 Å². The lowest BCUT2D eigenvalue weighted by Gasteiger charge is -2.34. The fraction of sp³-hybridized carbons (Fsp3) is 0.389. The summed E-state index contributed by atoms with van der Waals surface area (Å²) in [7, 11) is -2.50. The highest BCUT2D eigenvalue weighted by Crippen LogP contribution is 2.30. The molecular formula is C18H21N7O4S. The molecule has 3 rings (SSSR count). The molecule has 0 aliphatic carbocycles. The van der Waals surface area contributed by atoms with Crippen LogP contribution >= 0.6 is 0 Å². The molecule has 1 atom stereocenters. The van der Waals surface area contributed by atoms with Crippen LogP contribution in [-0.2, 0) is 14.5 Å². The van der Waals surface area contributed by atoms with E-state index in [0.717, 1.165) is 0 Å². The smallest absolute Gasteiger partial charge is 0.292 e. The Morgan fingerprint density at radius 3 is 2.80 bits per heavy atom. The molecule has 0 saturated carbocycles. The van der Waals surface area contributed by atoms with Crippen LogP contribution in [0.1, 0.15) is 12.5 Å². The van der Waals surface area contributed by atoms with E-state index in [9.17, 15) is 14.3 Å². The number of nitrogens with zero attached hydrogens (tertiary/aromatic N) is 6. The summed E-state index contributed by atoms with van der Waals surface area (Å²) in [6.07, 6.45) is 2.97. The molecule has 0 radical (unpaired) electrons. The van der Waals surface area contributed by atoms with Crippen LogP contribution in [0.4, 0.5) is 29.0 Å². The summed E-state index contributed by atoms with van der Waals surface area (Å²) in [6, 6.07) is 7.57. The fourth-order valence-corrected chi connectivity index (χ4v) is 3.49. The maximum absolute atomic E-state index is 12.2. The van der Waals surface area contributed by atoms with Crippen LogP contribution in [0.25, 0.3) is 0 Å². The van der Waals surface area contributed by atoms with E-state index in [0.29, 0.717) is 25.6 Å². The van der Waals surface area contributed by atoms with E-state index in [1.807, 2.05) is 17.9 Å². The van der Waals surface area contributed by atoms with Gasteiger partial charge in [-0.2, -0.15) is 19.6 Å². The van der Waals surface area contributed by atoms with Crippen molar-refractivity contribution in [2.75, 3.05) is 42.5 Å². The van der Waals surface area contributed by atoms with Gasteiger partial charge in [-0.15, -0.1) is 0 Å². The molecule has 1 aliphatic heterocycles. The molecule has 0 amide bonds. The minimum absolute atomic E-state index is 0.0400. The maximum Gasteiger partial charge on any atom is 0.292 e. The number of nitro groups is 1. The number of anilines is 3. The molecule has 1 N–H and O–H groups in total. The van der Waals surface area contributed by atoms with Gasteiger partial charge in [-0.1, -0.05) is 0 Å². The Kier molecular flexibility index (Phi) is 6.14. The van der Waals surface area contributed by atoms with E-state index >= 15 is 0 Å². The number of nitriles is 1. The van der Waals surface area contributed by atoms with E-state index in [1.54, 1.807) is 6.07 Å². The van der Waals surface area contributed by atoms with E-state index < -0.39 is 14.7 Å². The summed E-state index contributed by atoms with van der Waals surface area (Å²) in [5.41, 5.74) is 0.0954. The Morgan fingerprint density at radius 1 is 1.40 bits per heavy atom. The second-order valence-corrected chi connectivity index (χ2v) is 9.57. The molecule has 1 aromatic heterocycles. The first kappa shape index (κ1) is 21.4. The zero-order chi connectivity index (χ0) is 21.9. The van der Waals surface area contributed by atoms with Gasteiger partial charge in [-0.25, -0.2) is 4.21 Å². The van der Waals surface area contributed by atoms with Crippen LogP contribution in [0.5, 0.6) is 0 Å². The first-order valence-corrected chi connectivity index (χ1v) is 11.4. The quantitative estimate of drug-likeness (QED) is 0.557. The molecule has 0 spiro atoms. The van der Waals surface area contributed by atoms with Gasteiger partial charge in [-0.05, 0) is 19.1 Å². The Labute approximate surface area is 174 Å². The van der Waals surface area contributed by atoms with E-state index in [-0.39, 0.29) is 34.7 Å². The van der Waals surface area contributed by atoms with Crippen LogP contribution in [0.2, 0.25) is 0 Å². The number of rotatable bonds is 5. The van der Waals surface area contributed by atoms with Crippen molar-refractivity contribution in [3.8, 4) is 6.07 Å². The second-order valence-electron chi connectivity index (χ2n) is 7.02. The van der Waals surface area contributed by atoms with Crippen molar-refractivity contribution in [2.24, 2.45) is 4.36 Å². The SMILES string of the molecule is CC1COCCN1c1cc(N=S(C)(C)=O)nc(Nc2cc(C#N)ccc2[N+](=O)[O-])n1. The van der Waals surface area contributed by atoms with Gasteiger partial charge in [0, 0.05) is 40.9 Å². The van der Waals surface area contributed by atoms with Crippen molar-refractivity contribution < 1.29 is 13.9 Å². The first-order chi connectivity index (χ1) is 14.2. The Morgan fingerprint density at radius 2 is 2.17 bits per heavy atom. The van der Waals surface area contributed by atoms with Gasteiger partial charge in [-0.3, -0.25) is 10.1 Å². The normalized spacial score (nSPS) is 16.6. The third kappa shape index (κ3) is 5.19. The van der Waals surface area contributed by atoms with Crippen molar-refractivity contribution in [1.29, 1.82) is 5.26 Å². The first-order valence-electron chi connectivity index (χ1n) is 9.02. The Hall–Kier alpha value is -3.30. The highest BCUT2D eigenvalue weighted by Gasteiger charge is 2.23. The lowest BCUT2D eigenvalue weighted by Crippen LogP contribution is -2.44. The van der Waals surface area contributed by atoms with Gasteiger partial charge in [0.2, 0.25) is 5.95 Å². The number of hydrogen-bond acceptors (Lipinski definition) is 10. The van der Waals surface area contributed by atoms with E-state index in [1.165, 1.54) is 30.7 Å². The van der Waals surface area contributed by atoms with E-state index in [4.69, 9.17) is 10.00 Å². The van der Waals surface area contributed by atoms with Crippen molar-refractivity contribution in [1.82, 2.24) is 9.97 Å². The largest absolute Gasteiger partial charge is 0.377 e. The Balaban J connectivity index is 2.09. The molecule has 2 heterocycles. The summed E-state index contributed by atoms with van der Waals surface area (Å²) in [5.74, 6) is 0.770. The molecule has 1 aromatic carbocycles. The van der Waals surface area contributed by atoms with Crippen LogP contribution in [-0.4, -0.2) is 57.4 Å². The third-order valence-corrected chi connectivity index (χ3v) is 4.87. The standard InChI is InChI=1S/C18H21N7O4S/c1-12-11-29-7-6-24(12)17-9-16(23-30(2,3)28)21-18(22-17)20-14-8-13(10-19)4-5-15(14)25(26)27/h4-5,8-9,12H,6-7,11H2,1-3H3,(H,20,21,22). The Bertz CT molecular complexity index is 1130. The molecular weight excluding hydrogens is 410 g/mol. The summed E-state index contributed by atoms with van der Waals surface area (Å²) >= 11 is 0. The summed E-state index contributed by atoms with van der Waals surface area (Å²) < 4.78 is 21.8. The lowest BCUT2D eigenvalue weighted by atomic mass is 10.2. The van der Waals surface area contributed by atoms with Crippen molar-refractivity contribution in [3.63, 3.8) is 0 Å². The predicted molar refractivity (Wildman–Crippen MR) is 113 cm³/mol. The van der Waals surface area contributed by atoms with Crippen molar-refractivity contribution in [3.05, 3.63) is 39.9 Å². The highest BCUT2D eigenvalue weighted by atomic mass is 32.2. The van der Waals surface area contributed by atoms with Crippen molar-refractivity contribution in [2.45, 2.75) is 13.0 Å². The number of morpholine rings is 1. The highest BCUT2D eigenvalue weighted by molar-refractivity contribution is 7.92. The molecule has 0 bridgehead atoms. The van der Waals surface area contributed by atoms with Gasteiger partial charge in [0.1, 0.15) is 11.5 Å². The molecule has 12 heteroatoms. The number of aromatic nitrogens is 2. The average molecular weight is 431 g/mol. The molecule has 1 saturated heterocycles. The fourth-order valence-electron chi connectivity index (χ4n) is 2.95. The van der Waals surface area contributed by atoms with Crippen LogP contribution in [0, 0.1) is 21.4 Å². The van der Waals surface area contributed by atoms with Gasteiger partial charge in [0.25, 0.3) is 5.69 Å². The lowest BCUT2D eigenvalue weighted by molar-refractivity contribution is -0.383. The van der Waals surface area contributed by atoms with Crippen LogP contribution in [0.15, 0.2) is 28.6 Å². The number of benzene rings is 1. The van der Waals surface area contributed by atoms with Crippen LogP contribution < -0.4 is 10.2 Å². The van der Waals surface area contributed by atoms with Gasteiger partial charge < -0.3 is 15.0 Å². The molecule has 1 aliphatic rings. The summed E-state index contributed by atoms with van der Waals surface area (Å²) in [5, 5.41) is 23.3. The average Bonchev–Trinajstić information content (AvgIpc) is 2.66. The number of nitro benzene ring substituents is 1. The zero-order valence-electron chi connectivity index (χ0n) is 16.7. The molecule has 1 unspecified atom stereocenters. The summed E-state index contributed by atoms with van der Waals surface area (Å²) in [4.78, 5) is 21.6. The zero-order valence-corrected chi connectivity index (χ0v) is 17.5. The number of nitrogens with one attached hydrogen (secondary N) is 1.